The van der Waals surface area contributed by atoms with Crippen LogP contribution in [0.4, 0.5) is 0 Å². The van der Waals surface area contributed by atoms with E-state index in [0.717, 1.165) is 0 Å². The lowest BCUT2D eigenvalue weighted by Crippen LogP contribution is -1.98. The molecule has 0 aliphatic rings. The molecule has 0 amide bonds. The third-order valence-electron chi connectivity index (χ3n) is 1.32. The van der Waals surface area contributed by atoms with Crippen molar-refractivity contribution >= 4 is 0 Å². The molecule has 1 N–H and O–H groups in total. The number of aromatic nitrogens is 2. The van der Waals surface area contributed by atoms with Gasteiger partial charge in [0.1, 0.15) is 6.61 Å². The van der Waals surface area contributed by atoms with Gasteiger partial charge in [0.05, 0.1) is 13.0 Å². The standard InChI is InChI=1S/C7H12N2O3/c1-2-11-4-3-7-8-6(5-10)9-12-7/h10H,2-5H2,1H3. The van der Waals surface area contributed by atoms with Crippen LogP contribution in [0.25, 0.3) is 0 Å². The summed E-state index contributed by atoms with van der Waals surface area (Å²) in [5, 5.41) is 12.1. The van der Waals surface area contributed by atoms with Crippen molar-refractivity contribution < 1.29 is 14.4 Å². The second kappa shape index (κ2) is 4.84. The maximum absolute atomic E-state index is 8.61. The zero-order valence-electron chi connectivity index (χ0n) is 6.99. The second-order valence-corrected chi connectivity index (χ2v) is 2.21. The van der Waals surface area contributed by atoms with Gasteiger partial charge in [-0.1, -0.05) is 5.16 Å². The van der Waals surface area contributed by atoms with Crippen LogP contribution in [0.15, 0.2) is 4.52 Å². The van der Waals surface area contributed by atoms with E-state index in [2.05, 4.69) is 10.1 Å². The molecule has 5 heteroatoms. The van der Waals surface area contributed by atoms with Crippen LogP contribution in [0.5, 0.6) is 0 Å². The van der Waals surface area contributed by atoms with E-state index in [1.807, 2.05) is 6.92 Å². The largest absolute Gasteiger partial charge is 0.388 e. The van der Waals surface area contributed by atoms with Gasteiger partial charge in [0.15, 0.2) is 5.82 Å². The average Bonchev–Trinajstić information content (AvgIpc) is 2.53. The molecule has 0 bridgehead atoms. The van der Waals surface area contributed by atoms with Gasteiger partial charge in [-0.15, -0.1) is 0 Å². The van der Waals surface area contributed by atoms with Crippen molar-refractivity contribution in [2.45, 2.75) is 20.0 Å². The van der Waals surface area contributed by atoms with E-state index >= 15 is 0 Å². The minimum Gasteiger partial charge on any atom is -0.388 e. The van der Waals surface area contributed by atoms with Crippen LogP contribution in [0, 0.1) is 0 Å². The van der Waals surface area contributed by atoms with Crippen molar-refractivity contribution in [1.82, 2.24) is 10.1 Å². The number of hydrogen-bond acceptors (Lipinski definition) is 5. The highest BCUT2D eigenvalue weighted by molar-refractivity contribution is 4.83. The molecule has 0 saturated heterocycles. The Morgan fingerprint density at radius 3 is 3.00 bits per heavy atom. The summed E-state index contributed by atoms with van der Waals surface area (Å²) in [6.45, 7) is 3.00. The predicted molar refractivity (Wildman–Crippen MR) is 40.4 cm³/mol. The van der Waals surface area contributed by atoms with E-state index < -0.39 is 0 Å². The Morgan fingerprint density at radius 2 is 2.42 bits per heavy atom. The minimum absolute atomic E-state index is 0.182. The Labute approximate surface area is 70.3 Å². The lowest BCUT2D eigenvalue weighted by molar-refractivity contribution is 0.144. The lowest BCUT2D eigenvalue weighted by atomic mass is 10.4. The number of ether oxygens (including phenoxy) is 1. The van der Waals surface area contributed by atoms with Crippen LogP contribution < -0.4 is 0 Å². The molecular weight excluding hydrogens is 160 g/mol. The maximum atomic E-state index is 8.61. The monoisotopic (exact) mass is 172 g/mol. The number of rotatable bonds is 5. The van der Waals surface area contributed by atoms with Crippen LogP contribution in [0.2, 0.25) is 0 Å². The lowest BCUT2D eigenvalue weighted by Gasteiger charge is -1.94. The molecule has 1 heterocycles. The minimum atomic E-state index is -0.182. The van der Waals surface area contributed by atoms with Crippen molar-refractivity contribution in [3.8, 4) is 0 Å². The molecule has 1 rings (SSSR count). The number of nitrogens with zero attached hydrogens (tertiary/aromatic N) is 2. The van der Waals surface area contributed by atoms with Crippen LogP contribution in [-0.4, -0.2) is 28.5 Å². The summed E-state index contributed by atoms with van der Waals surface area (Å²) in [4.78, 5) is 3.89. The highest BCUT2D eigenvalue weighted by Crippen LogP contribution is 1.97. The van der Waals surface area contributed by atoms with Gasteiger partial charge in [-0.05, 0) is 6.92 Å². The summed E-state index contributed by atoms with van der Waals surface area (Å²) >= 11 is 0. The van der Waals surface area contributed by atoms with Gasteiger partial charge in [-0.25, -0.2) is 0 Å². The molecule has 0 radical (unpaired) electrons. The molecule has 0 aliphatic carbocycles. The van der Waals surface area contributed by atoms with Crippen LogP contribution in [-0.2, 0) is 17.8 Å². The molecule has 1 aromatic heterocycles. The fourth-order valence-electron chi connectivity index (χ4n) is 0.760. The quantitative estimate of drug-likeness (QED) is 0.640. The van der Waals surface area contributed by atoms with E-state index in [9.17, 15) is 0 Å². The zero-order valence-corrected chi connectivity index (χ0v) is 6.99. The molecule has 0 fully saturated rings. The highest BCUT2D eigenvalue weighted by atomic mass is 16.5. The van der Waals surface area contributed by atoms with E-state index in [-0.39, 0.29) is 6.61 Å². The van der Waals surface area contributed by atoms with Crippen molar-refractivity contribution in [3.05, 3.63) is 11.7 Å². The maximum Gasteiger partial charge on any atom is 0.229 e. The Bertz CT molecular complexity index is 224. The van der Waals surface area contributed by atoms with Gasteiger partial charge in [0, 0.05) is 6.61 Å². The summed E-state index contributed by atoms with van der Waals surface area (Å²) in [6.07, 6.45) is 0.598. The van der Waals surface area contributed by atoms with Gasteiger partial charge < -0.3 is 14.4 Å². The summed E-state index contributed by atoms with van der Waals surface area (Å²) in [6, 6.07) is 0. The first-order valence-corrected chi connectivity index (χ1v) is 3.87. The zero-order chi connectivity index (χ0) is 8.81. The summed E-state index contributed by atoms with van der Waals surface area (Å²) in [5.74, 6) is 0.828. The van der Waals surface area contributed by atoms with Gasteiger partial charge >= 0.3 is 0 Å². The van der Waals surface area contributed by atoms with E-state index in [1.54, 1.807) is 0 Å². The Kier molecular flexibility index (Phi) is 3.69. The third kappa shape index (κ3) is 2.60. The molecule has 68 valence electrons. The molecule has 0 unspecified atom stereocenters. The fraction of sp³-hybridized carbons (Fsp3) is 0.714. The van der Waals surface area contributed by atoms with Crippen LogP contribution in [0.3, 0.4) is 0 Å². The van der Waals surface area contributed by atoms with Gasteiger partial charge in [-0.3, -0.25) is 0 Å². The first-order valence-electron chi connectivity index (χ1n) is 3.87. The SMILES string of the molecule is CCOCCc1nc(CO)no1. The first-order chi connectivity index (χ1) is 5.86. The highest BCUT2D eigenvalue weighted by Gasteiger charge is 2.03. The van der Waals surface area contributed by atoms with E-state index in [4.69, 9.17) is 14.4 Å². The van der Waals surface area contributed by atoms with Gasteiger partial charge in [0.2, 0.25) is 5.89 Å². The van der Waals surface area contributed by atoms with Gasteiger partial charge in [-0.2, -0.15) is 4.98 Å². The predicted octanol–water partition coefficient (Wildman–Crippen LogP) is 0.141. The molecule has 0 aromatic carbocycles. The van der Waals surface area contributed by atoms with Crippen molar-refractivity contribution in [1.29, 1.82) is 0 Å². The van der Waals surface area contributed by atoms with E-state index in [1.165, 1.54) is 0 Å². The molecule has 1 aromatic rings. The second-order valence-electron chi connectivity index (χ2n) is 2.21. The smallest absolute Gasteiger partial charge is 0.229 e. The Morgan fingerprint density at radius 1 is 1.58 bits per heavy atom. The molecule has 0 atom stereocenters. The molecular formula is C7H12N2O3. The topological polar surface area (TPSA) is 68.4 Å². The summed E-state index contributed by atoms with van der Waals surface area (Å²) < 4.78 is 9.89. The first kappa shape index (κ1) is 9.15. The Hall–Kier alpha value is -0.940. The molecule has 0 spiro atoms. The number of aliphatic hydroxyl groups excluding tert-OH is 1. The molecule has 5 nitrogen and oxygen atoms in total. The fourth-order valence-corrected chi connectivity index (χ4v) is 0.760. The van der Waals surface area contributed by atoms with Crippen molar-refractivity contribution in [2.24, 2.45) is 0 Å². The van der Waals surface area contributed by atoms with Gasteiger partial charge in [0.25, 0.3) is 0 Å². The van der Waals surface area contributed by atoms with Crippen LogP contribution in [0.1, 0.15) is 18.6 Å². The van der Waals surface area contributed by atoms with Crippen molar-refractivity contribution in [3.63, 3.8) is 0 Å². The third-order valence-corrected chi connectivity index (χ3v) is 1.32. The summed E-state index contributed by atoms with van der Waals surface area (Å²) in [5.41, 5.74) is 0. The molecule has 0 saturated carbocycles. The van der Waals surface area contributed by atoms with Crippen molar-refractivity contribution in [2.75, 3.05) is 13.2 Å². The number of hydrogen-bond donors (Lipinski definition) is 1. The molecule has 12 heavy (non-hydrogen) atoms. The average molecular weight is 172 g/mol. The van der Waals surface area contributed by atoms with Crippen LogP contribution >= 0.6 is 0 Å². The Balaban J connectivity index is 2.31. The normalized spacial score (nSPS) is 10.5. The number of aliphatic hydroxyl groups is 1. The molecule has 0 aliphatic heterocycles. The van der Waals surface area contributed by atoms with E-state index in [0.29, 0.717) is 31.3 Å². The summed E-state index contributed by atoms with van der Waals surface area (Å²) in [7, 11) is 0.